The van der Waals surface area contributed by atoms with Crippen LogP contribution in [-0.2, 0) is 25.7 Å². The second-order valence-electron chi connectivity index (χ2n) is 15.0. The highest BCUT2D eigenvalue weighted by Gasteiger charge is 2.39. The minimum atomic E-state index is -1.11. The maximum absolute atomic E-state index is 15.0. The molecule has 1 fully saturated rings. The molecule has 0 spiro atoms. The number of imidazole rings is 1. The highest BCUT2D eigenvalue weighted by Crippen LogP contribution is 2.39. The van der Waals surface area contributed by atoms with Crippen LogP contribution in [-0.4, -0.2) is 86.2 Å². The van der Waals surface area contributed by atoms with Crippen molar-refractivity contribution in [1.82, 2.24) is 25.1 Å². The number of hydrogen-bond donors (Lipinski definition) is 6. The Kier molecular flexibility index (Phi) is 14.8. The number of benzene rings is 2. The summed E-state index contributed by atoms with van der Waals surface area (Å²) in [7, 11) is 0. The fraction of sp³-hybridized carbons (Fsp3) is 0.513. The lowest BCUT2D eigenvalue weighted by atomic mass is 9.84. The summed E-state index contributed by atoms with van der Waals surface area (Å²) in [4.78, 5) is 57.5. The van der Waals surface area contributed by atoms with Gasteiger partial charge in [-0.1, -0.05) is 51.1 Å². The molecule has 0 aliphatic heterocycles. The topological polar surface area (TPSA) is 206 Å². The summed E-state index contributed by atoms with van der Waals surface area (Å²) in [5, 5.41) is 25.2. The summed E-state index contributed by atoms with van der Waals surface area (Å²) in [6.07, 6.45) is 4.39. The smallest absolute Gasteiger partial charge is 0.326 e. The van der Waals surface area contributed by atoms with Gasteiger partial charge in [-0.25, -0.2) is 18.6 Å². The monoisotopic (exact) mass is 753 g/mol. The van der Waals surface area contributed by atoms with Crippen molar-refractivity contribution in [2.75, 3.05) is 19.7 Å². The molecule has 2 aromatic carbocycles. The van der Waals surface area contributed by atoms with Crippen LogP contribution in [0.25, 0.3) is 11.3 Å². The van der Waals surface area contributed by atoms with E-state index in [1.54, 1.807) is 10.8 Å². The highest BCUT2D eigenvalue weighted by molar-refractivity contribution is 5.86. The number of carbonyl (C=O) groups excluding carboxylic acids is 3. The van der Waals surface area contributed by atoms with Gasteiger partial charge < -0.3 is 41.8 Å². The Morgan fingerprint density at radius 2 is 1.78 bits per heavy atom. The number of carboxylic acid groups (broad SMARTS) is 1. The molecule has 0 bridgehead atoms. The van der Waals surface area contributed by atoms with Crippen LogP contribution in [0.1, 0.15) is 83.1 Å². The van der Waals surface area contributed by atoms with Crippen LogP contribution in [0, 0.1) is 23.0 Å². The van der Waals surface area contributed by atoms with Crippen molar-refractivity contribution in [2.45, 2.75) is 96.4 Å². The molecule has 4 rings (SSSR count). The molecule has 1 aromatic heterocycles. The lowest BCUT2D eigenvalue weighted by Gasteiger charge is -2.40. The Labute approximate surface area is 314 Å². The Morgan fingerprint density at radius 1 is 1.06 bits per heavy atom. The van der Waals surface area contributed by atoms with Gasteiger partial charge in [-0.3, -0.25) is 14.4 Å². The van der Waals surface area contributed by atoms with Gasteiger partial charge in [-0.15, -0.1) is 0 Å². The lowest BCUT2D eigenvalue weighted by Crippen LogP contribution is -2.49. The first-order valence-electron chi connectivity index (χ1n) is 18.4. The number of aromatic nitrogens is 2. The van der Waals surface area contributed by atoms with E-state index in [4.69, 9.17) is 16.5 Å². The third kappa shape index (κ3) is 11.1. The number of aliphatic hydroxyl groups is 1. The molecule has 13 nitrogen and oxygen atoms in total. The van der Waals surface area contributed by atoms with E-state index in [0.717, 1.165) is 23.8 Å². The first kappa shape index (κ1) is 42.0. The molecule has 54 heavy (non-hydrogen) atoms. The quantitative estimate of drug-likeness (QED) is 0.105. The zero-order valence-electron chi connectivity index (χ0n) is 31.1. The molecule has 0 unspecified atom stereocenters. The van der Waals surface area contributed by atoms with E-state index in [0.29, 0.717) is 51.0 Å². The number of rotatable bonds is 18. The Bertz CT molecular complexity index is 1750. The van der Waals surface area contributed by atoms with E-state index in [1.165, 1.54) is 4.90 Å². The molecule has 294 valence electrons. The van der Waals surface area contributed by atoms with Gasteiger partial charge in [0.15, 0.2) is 0 Å². The molecule has 3 amide bonds. The van der Waals surface area contributed by atoms with E-state index >= 15 is 4.39 Å². The predicted octanol–water partition coefficient (Wildman–Crippen LogP) is 3.49. The number of carboxylic acids is 1. The summed E-state index contributed by atoms with van der Waals surface area (Å²) in [5.41, 5.74) is 12.2. The second kappa shape index (κ2) is 19.0. The zero-order valence-corrected chi connectivity index (χ0v) is 31.1. The molecule has 1 aliphatic carbocycles. The number of amides is 3. The van der Waals surface area contributed by atoms with E-state index in [2.05, 4.69) is 10.6 Å². The number of carbonyl (C=O) groups is 4. The summed E-state index contributed by atoms with van der Waals surface area (Å²) >= 11 is 0. The highest BCUT2D eigenvalue weighted by atomic mass is 19.1. The number of nitrogens with two attached hydrogens (primary N) is 2. The SMILES string of the molecule is CC(C)(C)[C@H](c1nc(-c2cc(F)ccc2F)cn1Cc1ccccc1)N(CC[C@H](N)C(=O)N[C@H]1CC[C@@H](C(=O)N[C@@H](CCCCN)C(=O)O)C1)C(=O)CO. The van der Waals surface area contributed by atoms with Crippen molar-refractivity contribution < 1.29 is 38.2 Å². The maximum atomic E-state index is 15.0. The number of halogens is 2. The van der Waals surface area contributed by atoms with Crippen LogP contribution in [0.3, 0.4) is 0 Å². The Balaban J connectivity index is 1.51. The fourth-order valence-electron chi connectivity index (χ4n) is 6.97. The fourth-order valence-corrected chi connectivity index (χ4v) is 6.97. The van der Waals surface area contributed by atoms with Crippen LogP contribution in [0.15, 0.2) is 54.7 Å². The van der Waals surface area contributed by atoms with Crippen molar-refractivity contribution in [1.29, 1.82) is 0 Å². The van der Waals surface area contributed by atoms with Crippen molar-refractivity contribution in [3.63, 3.8) is 0 Å². The van der Waals surface area contributed by atoms with Gasteiger partial charge in [0.05, 0.1) is 17.8 Å². The van der Waals surface area contributed by atoms with Crippen LogP contribution in [0.2, 0.25) is 0 Å². The van der Waals surface area contributed by atoms with Gasteiger partial charge in [0.1, 0.15) is 30.1 Å². The maximum Gasteiger partial charge on any atom is 0.326 e. The van der Waals surface area contributed by atoms with Crippen molar-refractivity contribution >= 4 is 23.7 Å². The number of hydrogen-bond acceptors (Lipinski definition) is 8. The standard InChI is InChI=1S/C39H53F2N7O6/c1-39(2,3)34(35-45-32(28-20-26(40)13-15-29(28)41)22-47(35)21-24-9-5-4-6-10-24)48(33(50)23-49)18-16-30(43)37(52)44-27-14-12-25(19-27)36(51)46-31(38(53)54)11-7-8-17-42/h4-6,9-10,13,15,20,22,25,27,30-31,34,49H,7-8,11-12,14,16-19,21,23,42-43H2,1-3H3,(H,44,52)(H,46,51)(H,53,54)/t25-,27+,30+,31+,34+/m1/s1. The lowest BCUT2D eigenvalue weighted by molar-refractivity contribution is -0.142. The largest absolute Gasteiger partial charge is 0.480 e. The molecule has 1 saturated carbocycles. The first-order chi connectivity index (χ1) is 25.6. The molecule has 15 heteroatoms. The molecule has 1 aliphatic rings. The predicted molar refractivity (Wildman–Crippen MR) is 198 cm³/mol. The van der Waals surface area contributed by atoms with Crippen LogP contribution >= 0.6 is 0 Å². The summed E-state index contributed by atoms with van der Waals surface area (Å²) in [6.45, 7) is 5.50. The summed E-state index contributed by atoms with van der Waals surface area (Å²) in [5.74, 6) is -4.03. The van der Waals surface area contributed by atoms with Gasteiger partial charge >= 0.3 is 5.97 Å². The van der Waals surface area contributed by atoms with Crippen molar-refractivity contribution in [2.24, 2.45) is 22.8 Å². The van der Waals surface area contributed by atoms with Crippen LogP contribution < -0.4 is 22.1 Å². The number of nitrogens with zero attached hydrogens (tertiary/aromatic N) is 3. The van der Waals surface area contributed by atoms with Crippen LogP contribution in [0.4, 0.5) is 8.78 Å². The normalized spacial score (nSPS) is 17.4. The Morgan fingerprint density at radius 3 is 2.43 bits per heavy atom. The molecule has 8 N–H and O–H groups in total. The molecular weight excluding hydrogens is 700 g/mol. The zero-order chi connectivity index (χ0) is 39.6. The molecule has 0 saturated heterocycles. The summed E-state index contributed by atoms with van der Waals surface area (Å²) in [6, 6.07) is 9.29. The molecule has 3 aromatic rings. The average Bonchev–Trinajstić information content (AvgIpc) is 3.77. The molecule has 0 radical (unpaired) electrons. The minimum Gasteiger partial charge on any atom is -0.480 e. The van der Waals surface area contributed by atoms with Gasteiger partial charge in [-0.2, -0.15) is 0 Å². The van der Waals surface area contributed by atoms with Gasteiger partial charge in [0.25, 0.3) is 0 Å². The van der Waals surface area contributed by atoms with Gasteiger partial charge in [0.2, 0.25) is 17.7 Å². The molecule has 1 heterocycles. The third-order valence-electron chi connectivity index (χ3n) is 9.77. The number of nitrogens with one attached hydrogen (secondary N) is 2. The van der Waals surface area contributed by atoms with Crippen molar-refractivity contribution in [3.8, 4) is 11.3 Å². The average molecular weight is 754 g/mol. The number of aliphatic hydroxyl groups excluding tert-OH is 1. The van der Waals surface area contributed by atoms with Crippen molar-refractivity contribution in [3.05, 3.63) is 77.8 Å². The van der Waals surface area contributed by atoms with E-state index < -0.39 is 65.5 Å². The van der Waals surface area contributed by atoms with E-state index in [-0.39, 0.29) is 42.6 Å². The number of aliphatic carboxylic acids is 1. The first-order valence-corrected chi connectivity index (χ1v) is 18.4. The van der Waals surface area contributed by atoms with Gasteiger partial charge in [0, 0.05) is 36.8 Å². The second-order valence-corrected chi connectivity index (χ2v) is 15.0. The Hall–Kier alpha value is -4.73. The molecular formula is C39H53F2N7O6. The molecule has 5 atom stereocenters. The van der Waals surface area contributed by atoms with E-state index in [9.17, 15) is 33.8 Å². The third-order valence-corrected chi connectivity index (χ3v) is 9.77. The summed E-state index contributed by atoms with van der Waals surface area (Å²) < 4.78 is 31.1. The minimum absolute atomic E-state index is 0.00859. The van der Waals surface area contributed by atoms with Crippen LogP contribution in [0.5, 0.6) is 0 Å². The van der Waals surface area contributed by atoms with Gasteiger partial charge in [-0.05, 0) is 80.7 Å². The number of unbranched alkanes of at least 4 members (excludes halogenated alkanes) is 1. The van der Waals surface area contributed by atoms with E-state index in [1.807, 2.05) is 51.1 Å².